The number of ether oxygens (including phenoxy) is 6. The molecule has 236 valence electrons. The van der Waals surface area contributed by atoms with Gasteiger partial charge in [0.25, 0.3) is 5.91 Å². The number of pyridine rings is 1. The molecule has 4 atom stereocenters. The van der Waals surface area contributed by atoms with Crippen molar-refractivity contribution in [2.24, 2.45) is 0 Å². The van der Waals surface area contributed by atoms with E-state index >= 15 is 0 Å². The standard InChI is InChI=1S/C28H39F3N2O9/c1-17-24(38-15-7-13-28(29,30)31)22(42-19-8-4-5-9-19)11-6-10-20(27(36)41-17)33-26(35)23-25(40-16-39-18(2)34)21(37-3)12-14-32-23/h12,14,17,19-20,22,24H,4-11,13,15-16H2,1-3H3,(H,33,35). The van der Waals surface area contributed by atoms with Crippen LogP contribution in [0.15, 0.2) is 12.3 Å². The van der Waals surface area contributed by atoms with Crippen molar-refractivity contribution in [1.82, 2.24) is 10.3 Å². The fourth-order valence-electron chi connectivity index (χ4n) is 5.01. The average Bonchev–Trinajstić information content (AvgIpc) is 3.44. The molecule has 4 unspecified atom stereocenters. The van der Waals surface area contributed by atoms with E-state index in [1.807, 2.05) is 0 Å². The minimum Gasteiger partial charge on any atom is -0.493 e. The number of carbonyl (C=O) groups is 3. The summed E-state index contributed by atoms with van der Waals surface area (Å²) in [5.41, 5.74) is -0.199. The van der Waals surface area contributed by atoms with E-state index in [1.165, 1.54) is 26.3 Å². The van der Waals surface area contributed by atoms with E-state index in [4.69, 9.17) is 28.4 Å². The van der Waals surface area contributed by atoms with Gasteiger partial charge in [-0.2, -0.15) is 13.2 Å². The summed E-state index contributed by atoms with van der Waals surface area (Å²) < 4.78 is 71.4. The average molecular weight is 605 g/mol. The van der Waals surface area contributed by atoms with Crippen molar-refractivity contribution in [3.05, 3.63) is 18.0 Å². The number of nitrogens with one attached hydrogen (secondary N) is 1. The predicted octanol–water partition coefficient (Wildman–Crippen LogP) is 4.26. The van der Waals surface area contributed by atoms with Gasteiger partial charge in [-0.3, -0.25) is 9.59 Å². The molecule has 1 saturated heterocycles. The molecule has 42 heavy (non-hydrogen) atoms. The molecule has 1 saturated carbocycles. The number of esters is 2. The maximum absolute atomic E-state index is 13.3. The monoisotopic (exact) mass is 604 g/mol. The fraction of sp³-hybridized carbons (Fsp3) is 0.714. The molecule has 0 aromatic carbocycles. The van der Waals surface area contributed by atoms with Crippen molar-refractivity contribution in [3.63, 3.8) is 0 Å². The van der Waals surface area contributed by atoms with Crippen LogP contribution in [0.2, 0.25) is 0 Å². The number of nitrogens with zero attached hydrogens (tertiary/aromatic N) is 1. The Hall–Kier alpha value is -3.13. The SMILES string of the molecule is COc1ccnc(C(=O)NC2CCCC(OC3CCCC3)C(OCCCC(F)(F)F)C(C)OC2=O)c1OCOC(C)=O. The van der Waals surface area contributed by atoms with Gasteiger partial charge >= 0.3 is 18.1 Å². The zero-order chi connectivity index (χ0) is 30.7. The van der Waals surface area contributed by atoms with Gasteiger partial charge in [-0.25, -0.2) is 9.78 Å². The lowest BCUT2D eigenvalue weighted by atomic mass is 10.0. The second-order valence-electron chi connectivity index (χ2n) is 10.3. The highest BCUT2D eigenvalue weighted by molar-refractivity contribution is 5.98. The van der Waals surface area contributed by atoms with Crippen molar-refractivity contribution in [3.8, 4) is 11.5 Å². The van der Waals surface area contributed by atoms with E-state index in [-0.39, 0.29) is 42.7 Å². The Labute approximate surface area is 242 Å². The quantitative estimate of drug-likeness (QED) is 0.210. The number of carbonyl (C=O) groups excluding carboxylic acids is 3. The lowest BCUT2D eigenvalue weighted by Gasteiger charge is -2.33. The number of aromatic nitrogens is 1. The van der Waals surface area contributed by atoms with Crippen LogP contribution in [0.25, 0.3) is 0 Å². The molecule has 1 N–H and O–H groups in total. The molecule has 0 radical (unpaired) electrons. The molecule has 1 aliphatic carbocycles. The molecular formula is C28H39F3N2O9. The Kier molecular flexibility index (Phi) is 12.6. The van der Waals surface area contributed by atoms with Crippen LogP contribution in [0.3, 0.4) is 0 Å². The Morgan fingerprint density at radius 3 is 2.55 bits per heavy atom. The van der Waals surface area contributed by atoms with Crippen LogP contribution in [0.5, 0.6) is 11.5 Å². The lowest BCUT2D eigenvalue weighted by molar-refractivity contribution is -0.174. The summed E-state index contributed by atoms with van der Waals surface area (Å²) >= 11 is 0. The highest BCUT2D eigenvalue weighted by atomic mass is 19.4. The zero-order valence-corrected chi connectivity index (χ0v) is 24.1. The molecule has 2 aliphatic rings. The second-order valence-corrected chi connectivity index (χ2v) is 10.3. The van der Waals surface area contributed by atoms with Crippen molar-refractivity contribution in [1.29, 1.82) is 0 Å². The Morgan fingerprint density at radius 1 is 1.14 bits per heavy atom. The van der Waals surface area contributed by atoms with Crippen LogP contribution in [-0.2, 0) is 28.5 Å². The van der Waals surface area contributed by atoms with Gasteiger partial charge in [0, 0.05) is 32.2 Å². The number of methoxy groups -OCH3 is 1. The minimum absolute atomic E-state index is 0.0000302. The van der Waals surface area contributed by atoms with Crippen LogP contribution in [0, 0.1) is 0 Å². The molecule has 2 heterocycles. The molecule has 1 aliphatic heterocycles. The summed E-state index contributed by atoms with van der Waals surface area (Å²) in [6.07, 6.45) is -1.44. The number of hydrogen-bond donors (Lipinski definition) is 1. The molecule has 0 bridgehead atoms. The number of amides is 1. The van der Waals surface area contributed by atoms with Crippen molar-refractivity contribution >= 4 is 17.8 Å². The molecule has 11 nitrogen and oxygen atoms in total. The molecule has 1 aromatic rings. The van der Waals surface area contributed by atoms with Gasteiger partial charge in [0.2, 0.25) is 6.79 Å². The van der Waals surface area contributed by atoms with Crippen LogP contribution in [0.1, 0.15) is 82.1 Å². The molecule has 3 rings (SSSR count). The van der Waals surface area contributed by atoms with E-state index in [2.05, 4.69) is 10.3 Å². The van der Waals surface area contributed by atoms with Crippen LogP contribution in [-0.4, -0.2) is 80.0 Å². The Balaban J connectivity index is 1.73. The normalized spacial score (nSPS) is 23.7. The van der Waals surface area contributed by atoms with Gasteiger partial charge in [0.1, 0.15) is 18.2 Å². The van der Waals surface area contributed by atoms with E-state index in [9.17, 15) is 27.6 Å². The lowest BCUT2D eigenvalue weighted by Crippen LogP contribution is -2.46. The largest absolute Gasteiger partial charge is 0.493 e. The number of alkyl halides is 3. The maximum Gasteiger partial charge on any atom is 0.389 e. The first-order valence-corrected chi connectivity index (χ1v) is 14.1. The van der Waals surface area contributed by atoms with Gasteiger partial charge in [-0.15, -0.1) is 0 Å². The Morgan fingerprint density at radius 2 is 1.88 bits per heavy atom. The van der Waals surface area contributed by atoms with E-state index in [0.29, 0.717) is 12.8 Å². The van der Waals surface area contributed by atoms with Crippen LogP contribution < -0.4 is 14.8 Å². The van der Waals surface area contributed by atoms with E-state index in [1.54, 1.807) is 6.92 Å². The molecule has 14 heteroatoms. The summed E-state index contributed by atoms with van der Waals surface area (Å²) in [6, 6.07) is 0.389. The fourth-order valence-corrected chi connectivity index (χ4v) is 5.01. The summed E-state index contributed by atoms with van der Waals surface area (Å²) in [6.45, 7) is 2.14. The minimum atomic E-state index is -4.30. The first-order valence-electron chi connectivity index (χ1n) is 14.1. The van der Waals surface area contributed by atoms with Gasteiger partial charge in [-0.1, -0.05) is 12.8 Å². The van der Waals surface area contributed by atoms with Gasteiger partial charge < -0.3 is 33.7 Å². The Bertz CT molecular complexity index is 1050. The summed E-state index contributed by atoms with van der Waals surface area (Å²) in [7, 11) is 1.36. The van der Waals surface area contributed by atoms with Crippen molar-refractivity contribution < 1.29 is 56.0 Å². The summed E-state index contributed by atoms with van der Waals surface area (Å²) in [4.78, 5) is 41.6. The molecule has 0 spiro atoms. The third kappa shape index (κ3) is 10.3. The van der Waals surface area contributed by atoms with Crippen molar-refractivity contribution in [2.45, 2.75) is 108 Å². The number of hydrogen-bond acceptors (Lipinski definition) is 10. The topological polar surface area (TPSA) is 132 Å². The highest BCUT2D eigenvalue weighted by Gasteiger charge is 2.38. The van der Waals surface area contributed by atoms with Crippen LogP contribution >= 0.6 is 0 Å². The van der Waals surface area contributed by atoms with E-state index < -0.39 is 61.6 Å². The van der Waals surface area contributed by atoms with E-state index in [0.717, 1.165) is 25.7 Å². The zero-order valence-electron chi connectivity index (χ0n) is 24.1. The predicted molar refractivity (Wildman–Crippen MR) is 141 cm³/mol. The number of rotatable bonds is 12. The molecule has 2 fully saturated rings. The molecular weight excluding hydrogens is 565 g/mol. The van der Waals surface area contributed by atoms with Gasteiger partial charge in [0.05, 0.1) is 19.3 Å². The number of halogens is 3. The summed E-state index contributed by atoms with van der Waals surface area (Å²) in [5.74, 6) is -2.00. The van der Waals surface area contributed by atoms with Crippen molar-refractivity contribution in [2.75, 3.05) is 20.5 Å². The first kappa shape index (κ1) is 33.4. The van der Waals surface area contributed by atoms with Gasteiger partial charge in [0.15, 0.2) is 17.2 Å². The smallest absolute Gasteiger partial charge is 0.389 e. The molecule has 1 amide bonds. The third-order valence-electron chi connectivity index (χ3n) is 7.06. The van der Waals surface area contributed by atoms with Crippen LogP contribution in [0.4, 0.5) is 13.2 Å². The summed E-state index contributed by atoms with van der Waals surface area (Å²) in [5, 5.41) is 2.64. The maximum atomic E-state index is 13.3. The third-order valence-corrected chi connectivity index (χ3v) is 7.06. The van der Waals surface area contributed by atoms with Gasteiger partial charge in [-0.05, 0) is 45.4 Å². The highest BCUT2D eigenvalue weighted by Crippen LogP contribution is 2.31. The number of cyclic esters (lactones) is 1. The molecule has 1 aromatic heterocycles. The second kappa shape index (κ2) is 15.9. The first-order chi connectivity index (χ1) is 20.0.